The number of amides is 2. The number of nitrogens with one attached hydrogen (secondary N) is 1. The summed E-state index contributed by atoms with van der Waals surface area (Å²) in [5, 5.41) is 11.9. The molecule has 1 aliphatic carbocycles. The van der Waals surface area contributed by atoms with Crippen molar-refractivity contribution in [3.63, 3.8) is 0 Å². The first-order valence-corrected chi connectivity index (χ1v) is 12.1. The largest absolute Gasteiger partial charge is 0.481 e. The lowest BCUT2D eigenvalue weighted by molar-refractivity contribution is -0.141. The maximum absolute atomic E-state index is 13.2. The zero-order chi connectivity index (χ0) is 24.1. The maximum atomic E-state index is 13.2. The minimum absolute atomic E-state index is 0.0441. The van der Waals surface area contributed by atoms with Gasteiger partial charge in [0, 0.05) is 25.4 Å². The summed E-state index contributed by atoms with van der Waals surface area (Å²) in [6.45, 7) is 3.15. The molecule has 7 heteroatoms. The molecule has 1 aliphatic heterocycles. The number of hydrogen-bond donors (Lipinski definition) is 2. The van der Waals surface area contributed by atoms with Gasteiger partial charge >= 0.3 is 12.1 Å². The van der Waals surface area contributed by atoms with Crippen molar-refractivity contribution in [1.82, 2.24) is 10.2 Å². The summed E-state index contributed by atoms with van der Waals surface area (Å²) >= 11 is 0. The highest BCUT2D eigenvalue weighted by atomic mass is 16.5. The second-order valence-corrected chi connectivity index (χ2v) is 9.20. The molecule has 1 saturated heterocycles. The summed E-state index contributed by atoms with van der Waals surface area (Å²) in [6, 6.07) is 15.6. The highest BCUT2D eigenvalue weighted by molar-refractivity contribution is 5.86. The first-order valence-electron chi connectivity index (χ1n) is 12.1. The van der Waals surface area contributed by atoms with Crippen molar-refractivity contribution >= 4 is 18.0 Å². The Labute approximate surface area is 200 Å². The van der Waals surface area contributed by atoms with Crippen LogP contribution in [-0.2, 0) is 14.3 Å². The third-order valence-electron chi connectivity index (χ3n) is 6.81. The van der Waals surface area contributed by atoms with Crippen LogP contribution in [-0.4, -0.2) is 53.7 Å². The normalized spacial score (nSPS) is 18.0. The first-order chi connectivity index (χ1) is 16.5. The number of alkyl carbamates (subject to hydrolysis) is 1. The zero-order valence-corrected chi connectivity index (χ0v) is 19.5. The Morgan fingerprint density at radius 3 is 2.35 bits per heavy atom. The van der Waals surface area contributed by atoms with Crippen molar-refractivity contribution in [2.75, 3.05) is 19.7 Å². The number of ether oxygens (including phenoxy) is 1. The number of carboxylic acid groups (broad SMARTS) is 1. The van der Waals surface area contributed by atoms with Gasteiger partial charge in [-0.05, 0) is 47.4 Å². The van der Waals surface area contributed by atoms with Crippen molar-refractivity contribution in [3.05, 3.63) is 59.7 Å². The van der Waals surface area contributed by atoms with Crippen LogP contribution in [0.3, 0.4) is 0 Å². The monoisotopic (exact) mass is 464 g/mol. The Kier molecular flexibility index (Phi) is 7.50. The van der Waals surface area contributed by atoms with Crippen molar-refractivity contribution in [2.24, 2.45) is 5.92 Å². The molecule has 0 radical (unpaired) electrons. The smallest absolute Gasteiger partial charge is 0.407 e. The van der Waals surface area contributed by atoms with E-state index in [4.69, 9.17) is 9.84 Å². The minimum Gasteiger partial charge on any atom is -0.481 e. The minimum atomic E-state index is -0.846. The highest BCUT2D eigenvalue weighted by Crippen LogP contribution is 2.44. The molecule has 2 unspecified atom stereocenters. The van der Waals surface area contributed by atoms with Crippen LogP contribution in [0.4, 0.5) is 4.79 Å². The van der Waals surface area contributed by atoms with E-state index in [2.05, 4.69) is 29.6 Å². The SMILES string of the molecule is CCCC(NC(=O)OCC1c2ccccc2-c2ccccc21)C(=O)N1CCCC(CC(=O)O)C1. The van der Waals surface area contributed by atoms with Crippen LogP contribution in [0.15, 0.2) is 48.5 Å². The summed E-state index contributed by atoms with van der Waals surface area (Å²) in [7, 11) is 0. The van der Waals surface area contributed by atoms with Crippen LogP contribution in [0.5, 0.6) is 0 Å². The fourth-order valence-electron chi connectivity index (χ4n) is 5.23. The number of nitrogens with zero attached hydrogens (tertiary/aromatic N) is 1. The second kappa shape index (κ2) is 10.7. The van der Waals surface area contributed by atoms with Gasteiger partial charge in [-0.3, -0.25) is 9.59 Å². The zero-order valence-electron chi connectivity index (χ0n) is 19.5. The van der Waals surface area contributed by atoms with Gasteiger partial charge in [0.15, 0.2) is 0 Å². The standard InChI is InChI=1S/C27H32N2O5/c1-2-8-24(26(32)29-14-7-9-18(16-29)15-25(30)31)28-27(33)34-17-23-21-12-5-3-10-19(21)20-11-4-6-13-22(20)23/h3-6,10-13,18,23-24H,2,7-9,14-17H2,1H3,(H,28,33)(H,30,31). The van der Waals surface area contributed by atoms with E-state index >= 15 is 0 Å². The van der Waals surface area contributed by atoms with E-state index in [1.165, 1.54) is 0 Å². The number of carboxylic acids is 1. The Morgan fingerprint density at radius 1 is 1.09 bits per heavy atom. The third kappa shape index (κ3) is 5.24. The Balaban J connectivity index is 1.38. The molecule has 2 aromatic carbocycles. The molecule has 34 heavy (non-hydrogen) atoms. The van der Waals surface area contributed by atoms with Crippen LogP contribution >= 0.6 is 0 Å². The molecule has 2 atom stereocenters. The number of rotatable bonds is 8. The summed E-state index contributed by atoms with van der Waals surface area (Å²) in [4.78, 5) is 38.7. The quantitative estimate of drug-likeness (QED) is 0.603. The highest BCUT2D eigenvalue weighted by Gasteiger charge is 2.32. The van der Waals surface area contributed by atoms with Gasteiger partial charge in [0.1, 0.15) is 12.6 Å². The van der Waals surface area contributed by atoms with E-state index in [0.717, 1.165) is 41.5 Å². The number of aliphatic carboxylic acids is 1. The van der Waals surface area contributed by atoms with E-state index in [-0.39, 0.29) is 30.8 Å². The number of likely N-dealkylation sites (tertiary alicyclic amines) is 1. The van der Waals surface area contributed by atoms with Gasteiger partial charge in [0.2, 0.25) is 5.91 Å². The van der Waals surface area contributed by atoms with Crippen LogP contribution in [0.25, 0.3) is 11.1 Å². The van der Waals surface area contributed by atoms with Gasteiger partial charge in [0.05, 0.1) is 0 Å². The van der Waals surface area contributed by atoms with E-state index in [1.54, 1.807) is 4.90 Å². The molecule has 0 saturated carbocycles. The number of piperidine rings is 1. The lowest BCUT2D eigenvalue weighted by Crippen LogP contribution is -2.51. The van der Waals surface area contributed by atoms with Gasteiger partial charge in [-0.25, -0.2) is 4.79 Å². The fraction of sp³-hybridized carbons (Fsp3) is 0.444. The Hall–Kier alpha value is -3.35. The average molecular weight is 465 g/mol. The molecular weight excluding hydrogens is 432 g/mol. The molecule has 4 rings (SSSR count). The van der Waals surface area contributed by atoms with E-state index in [0.29, 0.717) is 19.5 Å². The summed E-state index contributed by atoms with van der Waals surface area (Å²) in [5.74, 6) is -1.10. The fourth-order valence-corrected chi connectivity index (χ4v) is 5.23. The van der Waals surface area contributed by atoms with E-state index < -0.39 is 18.1 Å². The number of carbonyl (C=O) groups is 3. The van der Waals surface area contributed by atoms with Gasteiger partial charge in [-0.2, -0.15) is 0 Å². The summed E-state index contributed by atoms with van der Waals surface area (Å²) < 4.78 is 5.63. The van der Waals surface area contributed by atoms with Crippen LogP contribution in [0, 0.1) is 5.92 Å². The van der Waals surface area contributed by atoms with Crippen LogP contribution in [0.2, 0.25) is 0 Å². The van der Waals surface area contributed by atoms with Crippen LogP contribution < -0.4 is 5.32 Å². The molecule has 2 N–H and O–H groups in total. The van der Waals surface area contributed by atoms with Crippen LogP contribution in [0.1, 0.15) is 56.1 Å². The number of carbonyl (C=O) groups excluding carboxylic acids is 2. The molecular formula is C27H32N2O5. The first kappa shape index (κ1) is 23.8. The molecule has 0 bridgehead atoms. The van der Waals surface area contributed by atoms with Gasteiger partial charge in [0.25, 0.3) is 0 Å². The third-order valence-corrected chi connectivity index (χ3v) is 6.81. The lowest BCUT2D eigenvalue weighted by Gasteiger charge is -2.34. The average Bonchev–Trinajstić information content (AvgIpc) is 3.15. The molecule has 1 heterocycles. The molecule has 0 spiro atoms. The predicted octanol–water partition coefficient (Wildman–Crippen LogP) is 4.41. The van der Waals surface area contributed by atoms with Crippen molar-refractivity contribution < 1.29 is 24.2 Å². The number of hydrogen-bond acceptors (Lipinski definition) is 4. The van der Waals surface area contributed by atoms with Gasteiger partial charge in [-0.1, -0.05) is 61.9 Å². The summed E-state index contributed by atoms with van der Waals surface area (Å²) in [6.07, 6.45) is 2.26. The Morgan fingerprint density at radius 2 is 1.74 bits per heavy atom. The van der Waals surface area contributed by atoms with E-state index in [1.807, 2.05) is 31.2 Å². The topological polar surface area (TPSA) is 95.9 Å². The molecule has 7 nitrogen and oxygen atoms in total. The molecule has 180 valence electrons. The van der Waals surface area contributed by atoms with Gasteiger partial charge in [-0.15, -0.1) is 0 Å². The van der Waals surface area contributed by atoms with Crippen molar-refractivity contribution in [1.29, 1.82) is 0 Å². The maximum Gasteiger partial charge on any atom is 0.407 e. The van der Waals surface area contributed by atoms with Crippen molar-refractivity contribution in [3.8, 4) is 11.1 Å². The molecule has 2 aromatic rings. The lowest BCUT2D eigenvalue weighted by atomic mass is 9.94. The number of fused-ring (bicyclic) bond motifs is 3. The second-order valence-electron chi connectivity index (χ2n) is 9.20. The van der Waals surface area contributed by atoms with Gasteiger partial charge < -0.3 is 20.1 Å². The molecule has 2 aliphatic rings. The summed E-state index contributed by atoms with van der Waals surface area (Å²) in [5.41, 5.74) is 4.59. The molecule has 2 amide bonds. The van der Waals surface area contributed by atoms with Crippen molar-refractivity contribution in [2.45, 2.75) is 51.0 Å². The Bertz CT molecular complexity index is 1010. The molecule has 1 fully saturated rings. The van der Waals surface area contributed by atoms with E-state index in [9.17, 15) is 14.4 Å². The predicted molar refractivity (Wildman–Crippen MR) is 128 cm³/mol. The molecule has 0 aromatic heterocycles. The number of benzene rings is 2.